The maximum absolute atomic E-state index is 9.55. The number of hydrogen-bond donors (Lipinski definition) is 1. The van der Waals surface area contributed by atoms with Crippen molar-refractivity contribution in [3.8, 4) is 5.75 Å². The Hall–Kier alpha value is -1.19. The summed E-state index contributed by atoms with van der Waals surface area (Å²) in [6.07, 6.45) is 0. The Morgan fingerprint density at radius 2 is 1.78 bits per heavy atom. The molecule has 0 spiro atoms. The van der Waals surface area contributed by atoms with Gasteiger partial charge in [0.05, 0.1) is 14.7 Å². The van der Waals surface area contributed by atoms with Gasteiger partial charge in [0.25, 0.3) is 0 Å². The van der Waals surface area contributed by atoms with Crippen molar-refractivity contribution in [2.75, 3.05) is 13.9 Å². The Labute approximate surface area is 141 Å². The van der Waals surface area contributed by atoms with Crippen molar-refractivity contribution < 1.29 is 14.6 Å². The molecule has 1 atom stereocenters. The zero-order chi connectivity index (χ0) is 16.9. The maximum atomic E-state index is 9.55. The lowest BCUT2D eigenvalue weighted by Gasteiger charge is -2.20. The lowest BCUT2D eigenvalue weighted by atomic mass is 10.2. The molecule has 0 aliphatic carbocycles. The van der Waals surface area contributed by atoms with Crippen molar-refractivity contribution in [3.63, 3.8) is 0 Å². The number of ether oxygens (including phenoxy) is 2. The second-order valence-corrected chi connectivity index (χ2v) is 12.9. The van der Waals surface area contributed by atoms with Gasteiger partial charge in [-0.2, -0.15) is 0 Å². The fourth-order valence-corrected chi connectivity index (χ4v) is 4.87. The third kappa shape index (κ3) is 4.89. The topological polar surface area (TPSA) is 38.7 Å². The molecule has 0 aliphatic heterocycles. The van der Waals surface area contributed by atoms with Gasteiger partial charge in [-0.3, -0.25) is 0 Å². The van der Waals surface area contributed by atoms with Crippen molar-refractivity contribution in [1.82, 2.24) is 0 Å². The zero-order valence-corrected chi connectivity index (χ0v) is 16.2. The minimum absolute atomic E-state index is 0.0607. The van der Waals surface area contributed by atoms with Gasteiger partial charge in [0.1, 0.15) is 5.75 Å². The van der Waals surface area contributed by atoms with Crippen LogP contribution in [0.25, 0.3) is 0 Å². The summed E-state index contributed by atoms with van der Waals surface area (Å²) in [5.74, 6) is 0.861. The fraction of sp³-hybridized carbons (Fsp3) is 0.333. The Morgan fingerprint density at radius 3 is 2.43 bits per heavy atom. The second-order valence-electron chi connectivity index (χ2n) is 6.45. The van der Waals surface area contributed by atoms with Gasteiger partial charge in [0, 0.05) is 12.4 Å². The third-order valence-corrected chi connectivity index (χ3v) is 7.10. The number of aliphatic hydroxyl groups excluding tert-OH is 1. The smallest absolute Gasteiger partial charge is 0.188 e. The lowest BCUT2D eigenvalue weighted by Crippen LogP contribution is -2.39. The molecule has 0 saturated carbocycles. The molecular formula is C18H25O3PSi. The molecule has 0 aromatic heterocycles. The molecule has 0 bridgehead atoms. The average Bonchev–Trinajstić information content (AvgIpc) is 2.53. The molecule has 0 radical (unpaired) electrons. The van der Waals surface area contributed by atoms with E-state index >= 15 is 0 Å². The van der Waals surface area contributed by atoms with E-state index in [0.29, 0.717) is 8.58 Å². The normalized spacial score (nSPS) is 12.0. The van der Waals surface area contributed by atoms with Gasteiger partial charge in [0.15, 0.2) is 6.79 Å². The minimum Gasteiger partial charge on any atom is -0.467 e. The number of rotatable bonds is 7. The summed E-state index contributed by atoms with van der Waals surface area (Å²) in [5.41, 5.74) is 0.974. The van der Waals surface area contributed by atoms with Crippen LogP contribution in [0.2, 0.25) is 19.6 Å². The number of methoxy groups -OCH3 is 1. The molecule has 124 valence electrons. The van der Waals surface area contributed by atoms with Crippen LogP contribution in [0.5, 0.6) is 5.75 Å². The average molecular weight is 348 g/mol. The van der Waals surface area contributed by atoms with E-state index in [1.807, 2.05) is 18.2 Å². The first-order valence-corrected chi connectivity index (χ1v) is 12.2. The standard InChI is InChI=1S/C18H25O3PSi/c1-20-13-21-16-10-9-15(23(2,3)4)11-18(16)22-17-8-6-5-7-14(17)12-19/h5-11,19,22H,12-13H2,1-4H3. The molecule has 2 aromatic carbocycles. The molecule has 0 amide bonds. The van der Waals surface area contributed by atoms with Gasteiger partial charge in [-0.15, -0.1) is 0 Å². The van der Waals surface area contributed by atoms with E-state index in [1.54, 1.807) is 7.11 Å². The van der Waals surface area contributed by atoms with Gasteiger partial charge in [-0.1, -0.05) is 69.8 Å². The Morgan fingerprint density at radius 1 is 1.04 bits per heavy atom. The highest BCUT2D eigenvalue weighted by Crippen LogP contribution is 2.21. The van der Waals surface area contributed by atoms with Crippen LogP contribution in [0, 0.1) is 0 Å². The number of aliphatic hydroxyl groups is 1. The second kappa shape index (κ2) is 8.07. The van der Waals surface area contributed by atoms with E-state index in [-0.39, 0.29) is 13.4 Å². The molecule has 1 unspecified atom stereocenters. The predicted molar refractivity (Wildman–Crippen MR) is 102 cm³/mol. The molecule has 3 nitrogen and oxygen atoms in total. The third-order valence-electron chi connectivity index (χ3n) is 3.63. The number of benzene rings is 2. The Kier molecular flexibility index (Phi) is 6.37. The monoisotopic (exact) mass is 348 g/mol. The molecule has 0 saturated heterocycles. The molecule has 0 heterocycles. The summed E-state index contributed by atoms with van der Waals surface area (Å²) in [6.45, 7) is 7.32. The van der Waals surface area contributed by atoms with Crippen molar-refractivity contribution >= 4 is 32.5 Å². The van der Waals surface area contributed by atoms with Crippen molar-refractivity contribution in [2.45, 2.75) is 26.2 Å². The highest BCUT2D eigenvalue weighted by molar-refractivity contribution is 7.56. The molecule has 0 fully saturated rings. The quantitative estimate of drug-likeness (QED) is 0.474. The molecule has 2 aromatic rings. The highest BCUT2D eigenvalue weighted by atomic mass is 31.1. The van der Waals surface area contributed by atoms with Crippen LogP contribution in [0.1, 0.15) is 5.56 Å². The Bertz CT molecular complexity index is 653. The molecule has 5 heteroatoms. The van der Waals surface area contributed by atoms with Crippen LogP contribution in [0.15, 0.2) is 42.5 Å². The van der Waals surface area contributed by atoms with Gasteiger partial charge in [0.2, 0.25) is 0 Å². The first-order valence-electron chi connectivity index (χ1n) is 7.67. The first-order chi connectivity index (χ1) is 11.0. The summed E-state index contributed by atoms with van der Waals surface area (Å²) in [6, 6.07) is 14.5. The predicted octanol–water partition coefficient (Wildman–Crippen LogP) is 2.34. The van der Waals surface area contributed by atoms with E-state index in [4.69, 9.17) is 9.47 Å². The first kappa shape index (κ1) is 18.1. The Balaban J connectivity index is 2.40. The van der Waals surface area contributed by atoms with Crippen LogP contribution in [-0.4, -0.2) is 27.1 Å². The fourth-order valence-electron chi connectivity index (χ4n) is 2.27. The van der Waals surface area contributed by atoms with Crippen molar-refractivity contribution in [3.05, 3.63) is 48.0 Å². The van der Waals surface area contributed by atoms with Gasteiger partial charge < -0.3 is 14.6 Å². The number of hydrogen-bond acceptors (Lipinski definition) is 3. The minimum atomic E-state index is -1.39. The largest absolute Gasteiger partial charge is 0.467 e. The van der Waals surface area contributed by atoms with Gasteiger partial charge >= 0.3 is 0 Å². The summed E-state index contributed by atoms with van der Waals surface area (Å²) in [4.78, 5) is 0. The van der Waals surface area contributed by atoms with Crippen LogP contribution >= 0.6 is 8.58 Å². The molecule has 0 aliphatic rings. The molecular weight excluding hydrogens is 323 g/mol. The van der Waals surface area contributed by atoms with E-state index < -0.39 is 8.07 Å². The van der Waals surface area contributed by atoms with Crippen molar-refractivity contribution in [1.29, 1.82) is 0 Å². The molecule has 23 heavy (non-hydrogen) atoms. The highest BCUT2D eigenvalue weighted by Gasteiger charge is 2.18. The van der Waals surface area contributed by atoms with Crippen LogP contribution < -0.4 is 20.5 Å². The molecule has 1 N–H and O–H groups in total. The summed E-state index contributed by atoms with van der Waals surface area (Å²) < 4.78 is 10.8. The van der Waals surface area contributed by atoms with Gasteiger partial charge in [-0.05, 0) is 16.9 Å². The molecule has 2 rings (SSSR count). The van der Waals surface area contributed by atoms with E-state index in [1.165, 1.54) is 10.5 Å². The summed E-state index contributed by atoms with van der Waals surface area (Å²) in [5, 5.41) is 13.3. The van der Waals surface area contributed by atoms with Crippen LogP contribution in [0.3, 0.4) is 0 Å². The van der Waals surface area contributed by atoms with E-state index in [2.05, 4.69) is 43.9 Å². The summed E-state index contributed by atoms with van der Waals surface area (Å²) >= 11 is 0. The SMILES string of the molecule is COCOc1ccc([Si](C)(C)C)cc1Pc1ccccc1CO. The van der Waals surface area contributed by atoms with Crippen LogP contribution in [0.4, 0.5) is 0 Å². The van der Waals surface area contributed by atoms with Crippen molar-refractivity contribution in [2.24, 2.45) is 0 Å². The summed E-state index contributed by atoms with van der Waals surface area (Å²) in [7, 11) is 0.684. The van der Waals surface area contributed by atoms with E-state index in [0.717, 1.165) is 16.6 Å². The zero-order valence-electron chi connectivity index (χ0n) is 14.2. The van der Waals surface area contributed by atoms with Gasteiger partial charge in [-0.25, -0.2) is 0 Å². The van der Waals surface area contributed by atoms with Crippen LogP contribution in [-0.2, 0) is 11.3 Å². The van der Waals surface area contributed by atoms with E-state index in [9.17, 15) is 5.11 Å². The maximum Gasteiger partial charge on any atom is 0.188 e. The lowest BCUT2D eigenvalue weighted by molar-refractivity contribution is 0.0519.